The second-order valence-corrected chi connectivity index (χ2v) is 6.25. The normalized spacial score (nSPS) is 11.9. The Balaban J connectivity index is 2.28. The van der Waals surface area contributed by atoms with E-state index in [2.05, 4.69) is 26.6 Å². The lowest BCUT2D eigenvalue weighted by molar-refractivity contribution is -0.140. The molecule has 0 aliphatic heterocycles. The third kappa shape index (κ3) is 6.04. The van der Waals surface area contributed by atoms with Gasteiger partial charge in [0.25, 0.3) is 0 Å². The molecule has 106 valence electrons. The average molecular weight is 351 g/mol. The van der Waals surface area contributed by atoms with E-state index >= 15 is 0 Å². The summed E-state index contributed by atoms with van der Waals surface area (Å²) in [4.78, 5) is 23.4. The maximum Gasteiger partial charge on any atom is 0.328 e. The molecule has 0 fully saturated rings. The minimum Gasteiger partial charge on any atom is -0.480 e. The topological polar surface area (TPSA) is 87.7 Å². The van der Waals surface area contributed by atoms with Gasteiger partial charge in [-0.3, -0.25) is 0 Å². The van der Waals surface area contributed by atoms with E-state index in [1.807, 2.05) is 12.1 Å². The highest BCUT2D eigenvalue weighted by Crippen LogP contribution is 2.21. The Morgan fingerprint density at radius 1 is 1.53 bits per heavy atom. The van der Waals surface area contributed by atoms with E-state index in [9.17, 15) is 9.59 Å². The van der Waals surface area contributed by atoms with Crippen molar-refractivity contribution in [1.82, 2.24) is 10.6 Å². The van der Waals surface area contributed by atoms with Crippen LogP contribution in [0.1, 0.15) is 4.88 Å². The molecule has 0 saturated carbocycles. The molecule has 1 aromatic heterocycles. The zero-order chi connectivity index (χ0) is 14.3. The number of carboxylic acids is 1. The third-order valence-corrected chi connectivity index (χ3v) is 3.91. The summed E-state index contributed by atoms with van der Waals surface area (Å²) >= 11 is 4.96. The summed E-state index contributed by atoms with van der Waals surface area (Å²) in [6.07, 6.45) is 0.700. The quantitative estimate of drug-likeness (QED) is 0.694. The second kappa shape index (κ2) is 8.13. The van der Waals surface area contributed by atoms with Crippen molar-refractivity contribution in [2.24, 2.45) is 0 Å². The van der Waals surface area contributed by atoms with Gasteiger partial charge in [-0.05, 0) is 34.5 Å². The standard InChI is InChI=1S/C11H15BrN2O4S/c1-18-6-8(10(15)16)14-11(17)13-5-4-7-2-3-9(12)19-7/h2-3,8H,4-6H2,1H3,(H,15,16)(H2,13,14,17). The largest absolute Gasteiger partial charge is 0.480 e. The van der Waals surface area contributed by atoms with Crippen molar-refractivity contribution >= 4 is 39.3 Å². The Labute approximate surface area is 123 Å². The zero-order valence-corrected chi connectivity index (χ0v) is 12.7. The summed E-state index contributed by atoms with van der Waals surface area (Å²) < 4.78 is 5.76. The molecule has 3 N–H and O–H groups in total. The van der Waals surface area contributed by atoms with Crippen molar-refractivity contribution in [3.8, 4) is 0 Å². The van der Waals surface area contributed by atoms with E-state index in [4.69, 9.17) is 9.84 Å². The number of aliphatic carboxylic acids is 1. The smallest absolute Gasteiger partial charge is 0.328 e. The van der Waals surface area contributed by atoms with Gasteiger partial charge in [-0.25, -0.2) is 9.59 Å². The lowest BCUT2D eigenvalue weighted by Crippen LogP contribution is -2.48. The first kappa shape index (κ1) is 15.9. The highest BCUT2D eigenvalue weighted by atomic mass is 79.9. The van der Waals surface area contributed by atoms with Gasteiger partial charge in [-0.1, -0.05) is 0 Å². The Kier molecular flexibility index (Phi) is 6.82. The molecule has 6 nitrogen and oxygen atoms in total. The zero-order valence-electron chi connectivity index (χ0n) is 10.3. The number of nitrogens with one attached hydrogen (secondary N) is 2. The summed E-state index contributed by atoms with van der Waals surface area (Å²) in [5, 5.41) is 13.8. The molecule has 1 atom stereocenters. The molecule has 0 aromatic carbocycles. The van der Waals surface area contributed by atoms with Gasteiger partial charge in [-0.15, -0.1) is 11.3 Å². The SMILES string of the molecule is COCC(NC(=O)NCCc1ccc(Br)s1)C(=O)O. The highest BCUT2D eigenvalue weighted by molar-refractivity contribution is 9.11. The first-order valence-electron chi connectivity index (χ1n) is 5.53. The first-order valence-corrected chi connectivity index (χ1v) is 7.14. The summed E-state index contributed by atoms with van der Waals surface area (Å²) in [6.45, 7) is 0.374. The van der Waals surface area contributed by atoms with E-state index in [1.54, 1.807) is 11.3 Å². The van der Waals surface area contributed by atoms with Gasteiger partial charge < -0.3 is 20.5 Å². The Hall–Kier alpha value is -1.12. The average Bonchev–Trinajstić information content (AvgIpc) is 2.74. The fourth-order valence-electron chi connectivity index (χ4n) is 1.34. The highest BCUT2D eigenvalue weighted by Gasteiger charge is 2.19. The molecular formula is C11H15BrN2O4S. The number of carbonyl (C=O) groups excluding carboxylic acids is 1. The molecule has 0 radical (unpaired) electrons. The number of urea groups is 1. The van der Waals surface area contributed by atoms with Crippen LogP contribution in [-0.4, -0.2) is 43.4 Å². The maximum absolute atomic E-state index is 11.5. The molecule has 19 heavy (non-hydrogen) atoms. The number of halogens is 1. The van der Waals surface area contributed by atoms with Crippen molar-refractivity contribution in [2.45, 2.75) is 12.5 Å². The van der Waals surface area contributed by atoms with Gasteiger partial charge in [0, 0.05) is 18.5 Å². The summed E-state index contributed by atoms with van der Waals surface area (Å²) in [5.74, 6) is -1.13. The van der Waals surface area contributed by atoms with Crippen LogP contribution in [0.3, 0.4) is 0 Å². The van der Waals surface area contributed by atoms with Crippen LogP contribution < -0.4 is 10.6 Å². The second-order valence-electron chi connectivity index (χ2n) is 3.70. The number of ether oxygens (including phenoxy) is 1. The molecule has 2 amide bonds. The van der Waals surface area contributed by atoms with Crippen LogP contribution >= 0.6 is 27.3 Å². The number of methoxy groups -OCH3 is 1. The number of rotatable bonds is 7. The molecule has 8 heteroatoms. The van der Waals surface area contributed by atoms with Crippen LogP contribution in [0.5, 0.6) is 0 Å². The third-order valence-electron chi connectivity index (χ3n) is 2.22. The van der Waals surface area contributed by atoms with Crippen molar-refractivity contribution in [1.29, 1.82) is 0 Å². The molecule has 0 spiro atoms. The lowest BCUT2D eigenvalue weighted by atomic mass is 10.3. The molecule has 0 saturated heterocycles. The maximum atomic E-state index is 11.5. The molecular weight excluding hydrogens is 336 g/mol. The molecule has 0 aliphatic carbocycles. The van der Waals surface area contributed by atoms with Crippen molar-refractivity contribution in [3.63, 3.8) is 0 Å². The number of thiophene rings is 1. The van der Waals surface area contributed by atoms with Gasteiger partial charge >= 0.3 is 12.0 Å². The van der Waals surface area contributed by atoms with Crippen LogP contribution in [0.15, 0.2) is 15.9 Å². The molecule has 1 heterocycles. The van der Waals surface area contributed by atoms with Crippen LogP contribution in [0.2, 0.25) is 0 Å². The van der Waals surface area contributed by atoms with Gasteiger partial charge in [0.05, 0.1) is 10.4 Å². The number of carboxylic acid groups (broad SMARTS) is 1. The lowest BCUT2D eigenvalue weighted by Gasteiger charge is -2.13. The van der Waals surface area contributed by atoms with E-state index in [0.717, 1.165) is 8.66 Å². The molecule has 0 aliphatic rings. The van der Waals surface area contributed by atoms with Crippen LogP contribution in [0.4, 0.5) is 4.79 Å². The monoisotopic (exact) mass is 350 g/mol. The molecule has 1 unspecified atom stereocenters. The predicted molar refractivity (Wildman–Crippen MR) is 75.6 cm³/mol. The summed E-state index contributed by atoms with van der Waals surface area (Å²) in [7, 11) is 1.38. The van der Waals surface area contributed by atoms with Crippen LogP contribution in [0, 0.1) is 0 Å². The van der Waals surface area contributed by atoms with E-state index in [0.29, 0.717) is 13.0 Å². The van der Waals surface area contributed by atoms with Gasteiger partial charge in [0.2, 0.25) is 0 Å². The number of carbonyl (C=O) groups is 2. The minimum absolute atomic E-state index is 0.0688. The van der Waals surface area contributed by atoms with Crippen LogP contribution in [-0.2, 0) is 16.0 Å². The van der Waals surface area contributed by atoms with Crippen molar-refractivity contribution in [3.05, 3.63) is 20.8 Å². The molecule has 1 aromatic rings. The fourth-order valence-corrected chi connectivity index (χ4v) is 2.82. The molecule has 1 rings (SSSR count). The Morgan fingerprint density at radius 2 is 2.26 bits per heavy atom. The van der Waals surface area contributed by atoms with Gasteiger partial charge in [0.15, 0.2) is 6.04 Å². The van der Waals surface area contributed by atoms with Crippen molar-refractivity contribution < 1.29 is 19.4 Å². The number of amides is 2. The van der Waals surface area contributed by atoms with E-state index in [-0.39, 0.29) is 6.61 Å². The fraction of sp³-hybridized carbons (Fsp3) is 0.455. The van der Waals surface area contributed by atoms with Gasteiger partial charge in [-0.2, -0.15) is 0 Å². The summed E-state index contributed by atoms with van der Waals surface area (Å²) in [6, 6.07) is 2.36. The van der Waals surface area contributed by atoms with Gasteiger partial charge in [0.1, 0.15) is 0 Å². The first-order chi connectivity index (χ1) is 9.02. The minimum atomic E-state index is -1.13. The number of hydrogen-bond donors (Lipinski definition) is 3. The predicted octanol–water partition coefficient (Wildman–Crippen LogP) is 1.45. The Bertz CT molecular complexity index is 438. The van der Waals surface area contributed by atoms with E-state index < -0.39 is 18.0 Å². The summed E-state index contributed by atoms with van der Waals surface area (Å²) in [5.41, 5.74) is 0. The van der Waals surface area contributed by atoms with Crippen LogP contribution in [0.25, 0.3) is 0 Å². The van der Waals surface area contributed by atoms with Crippen molar-refractivity contribution in [2.75, 3.05) is 20.3 Å². The molecule has 0 bridgehead atoms. The Morgan fingerprint density at radius 3 is 2.79 bits per heavy atom. The number of hydrogen-bond acceptors (Lipinski definition) is 4. The van der Waals surface area contributed by atoms with E-state index in [1.165, 1.54) is 7.11 Å².